The highest BCUT2D eigenvalue weighted by atomic mass is 16.5. The van der Waals surface area contributed by atoms with E-state index < -0.39 is 6.04 Å². The second-order valence-corrected chi connectivity index (χ2v) is 4.38. The molecule has 0 aliphatic carbocycles. The van der Waals surface area contributed by atoms with E-state index >= 15 is 0 Å². The highest BCUT2D eigenvalue weighted by molar-refractivity contribution is 5.77. The molecule has 0 amide bonds. The van der Waals surface area contributed by atoms with Crippen LogP contribution in [0.5, 0.6) is 0 Å². The summed E-state index contributed by atoms with van der Waals surface area (Å²) in [5.74, 6) is 0.600. The first kappa shape index (κ1) is 14.3. The average molecular weight is 273 g/mol. The highest BCUT2D eigenvalue weighted by Gasteiger charge is 2.21. The Hall–Kier alpha value is -2.14. The van der Waals surface area contributed by atoms with E-state index in [1.54, 1.807) is 6.20 Å². The number of benzene rings is 1. The summed E-state index contributed by atoms with van der Waals surface area (Å²) >= 11 is 0. The molecule has 0 saturated heterocycles. The van der Waals surface area contributed by atoms with E-state index in [1.807, 2.05) is 41.1 Å². The van der Waals surface area contributed by atoms with Crippen molar-refractivity contribution in [3.05, 3.63) is 54.1 Å². The van der Waals surface area contributed by atoms with Gasteiger partial charge in [-0.25, -0.2) is 9.78 Å². The number of aryl methyl sites for hydroxylation is 1. The van der Waals surface area contributed by atoms with Crippen LogP contribution in [0.15, 0.2) is 42.7 Å². The topological polar surface area (TPSA) is 56.2 Å². The summed E-state index contributed by atoms with van der Waals surface area (Å²) in [6.07, 6.45) is 3.68. The lowest BCUT2D eigenvalue weighted by Crippen LogP contribution is -2.30. The van der Waals surface area contributed by atoms with Crippen molar-refractivity contribution in [2.75, 3.05) is 7.11 Å². The van der Waals surface area contributed by atoms with E-state index in [1.165, 1.54) is 7.11 Å². The van der Waals surface area contributed by atoms with Gasteiger partial charge in [0.25, 0.3) is 0 Å². The third kappa shape index (κ3) is 3.24. The lowest BCUT2D eigenvalue weighted by atomic mass is 10.1. The van der Waals surface area contributed by atoms with Gasteiger partial charge in [-0.3, -0.25) is 5.32 Å². The van der Waals surface area contributed by atoms with Gasteiger partial charge in [-0.15, -0.1) is 0 Å². The van der Waals surface area contributed by atoms with Crippen molar-refractivity contribution in [3.8, 4) is 0 Å². The molecule has 20 heavy (non-hydrogen) atoms. The molecule has 0 aliphatic heterocycles. The number of imidazole rings is 1. The molecule has 0 saturated carbocycles. The first-order valence-corrected chi connectivity index (χ1v) is 6.62. The molecule has 0 radical (unpaired) electrons. The van der Waals surface area contributed by atoms with E-state index in [2.05, 4.69) is 17.2 Å². The summed E-state index contributed by atoms with van der Waals surface area (Å²) in [6, 6.07) is 9.05. The van der Waals surface area contributed by atoms with Crippen molar-refractivity contribution in [2.24, 2.45) is 0 Å². The van der Waals surface area contributed by atoms with E-state index in [0.717, 1.165) is 17.9 Å². The number of esters is 1. The van der Waals surface area contributed by atoms with Gasteiger partial charge in [0, 0.05) is 18.9 Å². The van der Waals surface area contributed by atoms with E-state index in [0.29, 0.717) is 6.54 Å². The number of methoxy groups -OCH3 is 1. The molecule has 1 heterocycles. The van der Waals surface area contributed by atoms with Crippen molar-refractivity contribution >= 4 is 5.97 Å². The number of carbonyl (C=O) groups excluding carboxylic acids is 1. The minimum atomic E-state index is -0.483. The van der Waals surface area contributed by atoms with Gasteiger partial charge in [0.1, 0.15) is 11.9 Å². The molecule has 0 bridgehead atoms. The van der Waals surface area contributed by atoms with Crippen LogP contribution in [0.25, 0.3) is 0 Å². The van der Waals surface area contributed by atoms with Crippen LogP contribution >= 0.6 is 0 Å². The molecule has 0 spiro atoms. The minimum absolute atomic E-state index is 0.300. The number of nitrogens with one attached hydrogen (secondary N) is 1. The Morgan fingerprint density at radius 3 is 2.80 bits per heavy atom. The molecule has 106 valence electrons. The Labute approximate surface area is 118 Å². The lowest BCUT2D eigenvalue weighted by molar-refractivity contribution is -0.143. The Balaban J connectivity index is 2.11. The molecule has 0 aliphatic rings. The van der Waals surface area contributed by atoms with E-state index in [9.17, 15) is 4.79 Å². The fourth-order valence-electron chi connectivity index (χ4n) is 2.09. The van der Waals surface area contributed by atoms with Gasteiger partial charge in [0.05, 0.1) is 13.7 Å². The summed E-state index contributed by atoms with van der Waals surface area (Å²) in [5.41, 5.74) is 0.883. The Morgan fingerprint density at radius 2 is 2.15 bits per heavy atom. The second kappa shape index (κ2) is 6.86. The van der Waals surface area contributed by atoms with Crippen LogP contribution in [0.3, 0.4) is 0 Å². The molecular formula is C15H19N3O2. The molecule has 1 atom stereocenters. The zero-order chi connectivity index (χ0) is 14.4. The lowest BCUT2D eigenvalue weighted by Gasteiger charge is -2.17. The third-order valence-corrected chi connectivity index (χ3v) is 3.18. The third-order valence-electron chi connectivity index (χ3n) is 3.18. The van der Waals surface area contributed by atoms with Gasteiger partial charge >= 0.3 is 5.97 Å². The van der Waals surface area contributed by atoms with Crippen LogP contribution in [0, 0.1) is 0 Å². The van der Waals surface area contributed by atoms with Crippen LogP contribution in [0.2, 0.25) is 0 Å². The summed E-state index contributed by atoms with van der Waals surface area (Å²) in [7, 11) is 1.40. The number of aromatic nitrogens is 2. The predicted octanol–water partition coefficient (Wildman–Crippen LogP) is 1.91. The van der Waals surface area contributed by atoms with E-state index in [-0.39, 0.29) is 5.97 Å². The number of nitrogens with zero attached hydrogens (tertiary/aromatic N) is 2. The average Bonchev–Trinajstić information content (AvgIpc) is 2.95. The van der Waals surface area contributed by atoms with Gasteiger partial charge in [-0.2, -0.15) is 0 Å². The zero-order valence-electron chi connectivity index (χ0n) is 11.7. The first-order valence-electron chi connectivity index (χ1n) is 6.62. The molecule has 0 fully saturated rings. The first-order chi connectivity index (χ1) is 9.76. The second-order valence-electron chi connectivity index (χ2n) is 4.38. The predicted molar refractivity (Wildman–Crippen MR) is 75.9 cm³/mol. The van der Waals surface area contributed by atoms with Gasteiger partial charge in [-0.1, -0.05) is 30.3 Å². The number of rotatable bonds is 6. The van der Waals surface area contributed by atoms with Gasteiger partial charge in [0.2, 0.25) is 0 Å². The number of carbonyl (C=O) groups is 1. The molecule has 1 unspecified atom stereocenters. The SMILES string of the molecule is CCn1ccnc1CNC(C(=O)OC)c1ccccc1. The molecule has 2 rings (SSSR count). The van der Waals surface area contributed by atoms with E-state index in [4.69, 9.17) is 4.74 Å². The van der Waals surface area contributed by atoms with Crippen LogP contribution in [0.4, 0.5) is 0 Å². The maximum absolute atomic E-state index is 11.9. The normalized spacial score (nSPS) is 12.1. The Bertz CT molecular complexity index is 551. The maximum Gasteiger partial charge on any atom is 0.327 e. The minimum Gasteiger partial charge on any atom is -0.468 e. The van der Waals surface area contributed by atoms with Crippen molar-refractivity contribution in [1.29, 1.82) is 0 Å². The van der Waals surface area contributed by atoms with Gasteiger partial charge in [0.15, 0.2) is 0 Å². The van der Waals surface area contributed by atoms with Crippen molar-refractivity contribution < 1.29 is 9.53 Å². The molecule has 5 heteroatoms. The van der Waals surface area contributed by atoms with Crippen LogP contribution in [-0.4, -0.2) is 22.6 Å². The zero-order valence-corrected chi connectivity index (χ0v) is 11.7. The largest absolute Gasteiger partial charge is 0.468 e. The monoisotopic (exact) mass is 273 g/mol. The maximum atomic E-state index is 11.9. The van der Waals surface area contributed by atoms with Crippen LogP contribution in [-0.2, 0) is 22.6 Å². The van der Waals surface area contributed by atoms with Gasteiger partial charge < -0.3 is 9.30 Å². The van der Waals surface area contributed by atoms with Crippen molar-refractivity contribution in [3.63, 3.8) is 0 Å². The molecule has 1 aromatic heterocycles. The van der Waals surface area contributed by atoms with Gasteiger partial charge in [-0.05, 0) is 12.5 Å². The molecule has 2 aromatic rings. The Morgan fingerprint density at radius 1 is 1.40 bits per heavy atom. The summed E-state index contributed by atoms with van der Waals surface area (Å²) in [4.78, 5) is 16.2. The quantitative estimate of drug-likeness (QED) is 0.817. The number of hydrogen-bond donors (Lipinski definition) is 1. The van der Waals surface area contributed by atoms with Crippen molar-refractivity contribution in [1.82, 2.24) is 14.9 Å². The smallest absolute Gasteiger partial charge is 0.327 e. The summed E-state index contributed by atoms with van der Waals surface area (Å²) < 4.78 is 6.90. The number of ether oxygens (including phenoxy) is 1. The summed E-state index contributed by atoms with van der Waals surface area (Å²) in [6.45, 7) is 3.42. The molecular weight excluding hydrogens is 254 g/mol. The standard InChI is InChI=1S/C15H19N3O2/c1-3-18-10-9-16-13(18)11-17-14(15(19)20-2)12-7-5-4-6-8-12/h4-10,14,17H,3,11H2,1-2H3. The van der Waals surface area contributed by atoms with Crippen LogP contribution in [0.1, 0.15) is 24.4 Å². The molecule has 1 aromatic carbocycles. The molecule has 5 nitrogen and oxygen atoms in total. The fourth-order valence-corrected chi connectivity index (χ4v) is 2.09. The summed E-state index contributed by atoms with van der Waals surface area (Å²) in [5, 5.41) is 3.21. The Kier molecular flexibility index (Phi) is 4.90. The van der Waals surface area contributed by atoms with Crippen molar-refractivity contribution in [2.45, 2.75) is 26.1 Å². The highest BCUT2D eigenvalue weighted by Crippen LogP contribution is 2.14. The molecule has 1 N–H and O–H groups in total. The fraction of sp³-hybridized carbons (Fsp3) is 0.333. The van der Waals surface area contributed by atoms with Crippen LogP contribution < -0.4 is 5.32 Å². The number of hydrogen-bond acceptors (Lipinski definition) is 4.